The van der Waals surface area contributed by atoms with Gasteiger partial charge in [-0.25, -0.2) is 4.98 Å². The first-order valence-corrected chi connectivity index (χ1v) is 12.0. The van der Waals surface area contributed by atoms with Crippen LogP contribution in [0.25, 0.3) is 0 Å². The first kappa shape index (κ1) is 23.1. The molecule has 8 nitrogen and oxygen atoms in total. The molecule has 2 aromatic carbocycles. The topological polar surface area (TPSA) is 94.8 Å². The monoisotopic (exact) mass is 485 g/mol. The van der Waals surface area contributed by atoms with Crippen molar-refractivity contribution >= 4 is 34.7 Å². The number of carbonyl (C=O) groups is 1. The van der Waals surface area contributed by atoms with Gasteiger partial charge in [0.05, 0.1) is 30.6 Å². The zero-order valence-electron chi connectivity index (χ0n) is 18.4. The van der Waals surface area contributed by atoms with E-state index in [2.05, 4.69) is 4.98 Å². The van der Waals surface area contributed by atoms with E-state index in [0.717, 1.165) is 28.4 Å². The van der Waals surface area contributed by atoms with Crippen molar-refractivity contribution in [2.45, 2.75) is 41.6 Å². The molecule has 3 aromatic rings. The number of hydrogen-bond donors (Lipinski definition) is 0. The van der Waals surface area contributed by atoms with Crippen LogP contribution in [0.3, 0.4) is 0 Å². The fourth-order valence-corrected chi connectivity index (χ4v) is 5.34. The predicted octanol–water partition coefficient (Wildman–Crippen LogP) is 5.33. The highest BCUT2D eigenvalue weighted by molar-refractivity contribution is 8.01. The molecule has 1 amide bonds. The van der Waals surface area contributed by atoms with Crippen LogP contribution >= 0.6 is 23.1 Å². The number of rotatable bonds is 9. The maximum absolute atomic E-state index is 13.4. The smallest absolute Gasteiger partial charge is 0.284 e. The standard InChI is InChI=1S/C23H23N3O5S2/c1-14-13-32-23(24-14)33-21-9-4-15(11-19(21)26(28)29)22(27)25(17-5-6-17)12-16-10-18(30-2)7-8-20(16)31-3/h4,7-11,13,17H,5-6,12H2,1-3H3. The van der Waals surface area contributed by atoms with Gasteiger partial charge in [-0.1, -0.05) is 11.8 Å². The Morgan fingerprint density at radius 3 is 2.64 bits per heavy atom. The summed E-state index contributed by atoms with van der Waals surface area (Å²) in [5, 5.41) is 13.7. The Morgan fingerprint density at radius 1 is 1.24 bits per heavy atom. The fourth-order valence-electron chi connectivity index (χ4n) is 3.46. The molecule has 4 rings (SSSR count). The average molecular weight is 486 g/mol. The summed E-state index contributed by atoms with van der Waals surface area (Å²) in [5.74, 6) is 1.08. The number of ether oxygens (including phenoxy) is 2. The number of hydrogen-bond acceptors (Lipinski definition) is 8. The van der Waals surface area contributed by atoms with E-state index in [1.807, 2.05) is 18.4 Å². The summed E-state index contributed by atoms with van der Waals surface area (Å²) < 4.78 is 11.5. The van der Waals surface area contributed by atoms with Crippen LogP contribution in [0, 0.1) is 17.0 Å². The second-order valence-corrected chi connectivity index (χ2v) is 9.79. The lowest BCUT2D eigenvalue weighted by atomic mass is 10.1. The second-order valence-electron chi connectivity index (χ2n) is 7.64. The summed E-state index contributed by atoms with van der Waals surface area (Å²) in [5.41, 5.74) is 1.87. The third-order valence-corrected chi connectivity index (χ3v) is 7.40. The molecule has 1 fully saturated rings. The molecule has 10 heteroatoms. The van der Waals surface area contributed by atoms with Gasteiger partial charge in [0.1, 0.15) is 11.5 Å². The summed E-state index contributed by atoms with van der Waals surface area (Å²) in [4.78, 5) is 31.3. The van der Waals surface area contributed by atoms with E-state index in [0.29, 0.717) is 22.9 Å². The number of nitro benzene ring substituents is 1. The van der Waals surface area contributed by atoms with Gasteiger partial charge < -0.3 is 14.4 Å². The van der Waals surface area contributed by atoms with Crippen molar-refractivity contribution in [3.8, 4) is 11.5 Å². The molecular formula is C23H23N3O5S2. The Kier molecular flexibility index (Phi) is 6.85. The van der Waals surface area contributed by atoms with Crippen molar-refractivity contribution in [2.75, 3.05) is 14.2 Å². The summed E-state index contributed by atoms with van der Waals surface area (Å²) in [6.45, 7) is 2.20. The molecule has 0 radical (unpaired) electrons. The fraction of sp³-hybridized carbons (Fsp3) is 0.304. The van der Waals surface area contributed by atoms with Gasteiger partial charge in [0, 0.05) is 34.3 Å². The summed E-state index contributed by atoms with van der Waals surface area (Å²) in [6.07, 6.45) is 1.80. The molecule has 0 aliphatic heterocycles. The molecule has 33 heavy (non-hydrogen) atoms. The molecule has 1 saturated carbocycles. The van der Waals surface area contributed by atoms with Crippen LogP contribution in [0.4, 0.5) is 5.69 Å². The van der Waals surface area contributed by atoms with Crippen molar-refractivity contribution in [3.05, 3.63) is 68.7 Å². The lowest BCUT2D eigenvalue weighted by Crippen LogP contribution is -2.32. The molecule has 172 valence electrons. The normalized spacial score (nSPS) is 12.9. The van der Waals surface area contributed by atoms with Gasteiger partial charge >= 0.3 is 0 Å². The van der Waals surface area contributed by atoms with Crippen LogP contribution in [0.5, 0.6) is 11.5 Å². The highest BCUT2D eigenvalue weighted by Crippen LogP contribution is 2.38. The third kappa shape index (κ3) is 5.28. The molecule has 1 aliphatic carbocycles. The van der Waals surface area contributed by atoms with Crippen molar-refractivity contribution in [1.29, 1.82) is 0 Å². The molecule has 1 aromatic heterocycles. The Bertz CT molecular complexity index is 1190. The van der Waals surface area contributed by atoms with Crippen molar-refractivity contribution in [3.63, 3.8) is 0 Å². The maximum Gasteiger partial charge on any atom is 0.284 e. The van der Waals surface area contributed by atoms with Gasteiger partial charge in [-0.3, -0.25) is 14.9 Å². The lowest BCUT2D eigenvalue weighted by Gasteiger charge is -2.24. The number of nitro groups is 1. The minimum atomic E-state index is -0.452. The van der Waals surface area contributed by atoms with E-state index in [1.165, 1.54) is 29.2 Å². The number of methoxy groups -OCH3 is 2. The SMILES string of the molecule is COc1ccc(OC)c(CN(C(=O)c2ccc(Sc3nc(C)cs3)c([N+](=O)[O-])c2)C2CC2)c1. The Morgan fingerprint density at radius 2 is 2.03 bits per heavy atom. The Labute approximate surface area is 199 Å². The average Bonchev–Trinajstić information content (AvgIpc) is 3.58. The van der Waals surface area contributed by atoms with Gasteiger partial charge in [0.25, 0.3) is 11.6 Å². The molecule has 1 heterocycles. The highest BCUT2D eigenvalue weighted by Gasteiger charge is 2.34. The Balaban J connectivity index is 1.62. The number of aryl methyl sites for hydroxylation is 1. The molecule has 0 saturated heterocycles. The van der Waals surface area contributed by atoms with E-state index in [9.17, 15) is 14.9 Å². The van der Waals surface area contributed by atoms with Crippen molar-refractivity contribution in [1.82, 2.24) is 9.88 Å². The Hall–Kier alpha value is -3.11. The predicted molar refractivity (Wildman–Crippen MR) is 127 cm³/mol. The summed E-state index contributed by atoms with van der Waals surface area (Å²) in [6, 6.07) is 10.2. The number of aromatic nitrogens is 1. The minimum absolute atomic E-state index is 0.0970. The van der Waals surface area contributed by atoms with Crippen LogP contribution in [0.2, 0.25) is 0 Å². The number of thiazole rings is 1. The molecule has 1 aliphatic rings. The maximum atomic E-state index is 13.4. The van der Waals surface area contributed by atoms with Gasteiger partial charge in [-0.15, -0.1) is 11.3 Å². The number of benzene rings is 2. The third-order valence-electron chi connectivity index (χ3n) is 5.27. The first-order chi connectivity index (χ1) is 15.9. The number of carbonyl (C=O) groups excluding carboxylic acids is 1. The van der Waals surface area contributed by atoms with Crippen LogP contribution < -0.4 is 9.47 Å². The van der Waals surface area contributed by atoms with Crippen LogP contribution in [0.15, 0.2) is 51.0 Å². The van der Waals surface area contributed by atoms with E-state index >= 15 is 0 Å². The molecule has 0 bridgehead atoms. The zero-order valence-corrected chi connectivity index (χ0v) is 20.1. The molecule has 0 N–H and O–H groups in total. The van der Waals surface area contributed by atoms with Crippen LogP contribution in [-0.2, 0) is 6.54 Å². The van der Waals surface area contributed by atoms with Gasteiger partial charge in [-0.05, 0) is 50.1 Å². The van der Waals surface area contributed by atoms with Gasteiger partial charge in [0.2, 0.25) is 0 Å². The molecule has 0 atom stereocenters. The number of amides is 1. The minimum Gasteiger partial charge on any atom is -0.497 e. The van der Waals surface area contributed by atoms with Crippen LogP contribution in [-0.4, -0.2) is 41.0 Å². The molecule has 0 unspecified atom stereocenters. The van der Waals surface area contributed by atoms with E-state index in [-0.39, 0.29) is 23.2 Å². The second kappa shape index (κ2) is 9.80. The van der Waals surface area contributed by atoms with E-state index < -0.39 is 4.92 Å². The zero-order chi connectivity index (χ0) is 23.5. The lowest BCUT2D eigenvalue weighted by molar-refractivity contribution is -0.387. The highest BCUT2D eigenvalue weighted by atomic mass is 32.2. The number of nitrogens with zero attached hydrogens (tertiary/aromatic N) is 3. The van der Waals surface area contributed by atoms with Crippen molar-refractivity contribution < 1.29 is 19.2 Å². The first-order valence-electron chi connectivity index (χ1n) is 10.3. The molecular weight excluding hydrogens is 462 g/mol. The van der Waals surface area contributed by atoms with E-state index in [1.54, 1.807) is 43.4 Å². The van der Waals surface area contributed by atoms with Crippen LogP contribution in [0.1, 0.15) is 34.5 Å². The van der Waals surface area contributed by atoms with Gasteiger partial charge in [-0.2, -0.15) is 0 Å². The summed E-state index contributed by atoms with van der Waals surface area (Å²) >= 11 is 2.66. The van der Waals surface area contributed by atoms with Gasteiger partial charge in [0.15, 0.2) is 4.34 Å². The quantitative estimate of drug-likeness (QED) is 0.298. The largest absolute Gasteiger partial charge is 0.497 e. The van der Waals surface area contributed by atoms with Crippen molar-refractivity contribution in [2.24, 2.45) is 0 Å². The summed E-state index contributed by atoms with van der Waals surface area (Å²) in [7, 11) is 3.17. The molecule has 0 spiro atoms. The van der Waals surface area contributed by atoms with E-state index in [4.69, 9.17) is 9.47 Å².